The lowest BCUT2D eigenvalue weighted by Crippen LogP contribution is -2.58. The molecule has 35 heavy (non-hydrogen) atoms. The summed E-state index contributed by atoms with van der Waals surface area (Å²) in [5.74, 6) is 7.41. The normalized spacial score (nSPS) is 42.4. The van der Waals surface area contributed by atoms with E-state index in [1.54, 1.807) is 7.11 Å². The first-order chi connectivity index (χ1) is 16.6. The Bertz CT molecular complexity index is 971. The third-order valence-electron chi connectivity index (χ3n) is 10.5. The van der Waals surface area contributed by atoms with Gasteiger partial charge in [-0.3, -0.25) is 10.6 Å². The van der Waals surface area contributed by atoms with Crippen LogP contribution in [0, 0.1) is 35.0 Å². The summed E-state index contributed by atoms with van der Waals surface area (Å²) >= 11 is 0. The number of Topliss-reactive ketones (excluding diaryl/α,β-unsaturated/α-hetero) is 1. The number of fused-ring (bicyclic) bond motifs is 5. The predicted molar refractivity (Wildman–Crippen MR) is 136 cm³/mol. The van der Waals surface area contributed by atoms with E-state index in [1.807, 2.05) is 25.1 Å². The van der Waals surface area contributed by atoms with Crippen molar-refractivity contribution in [1.82, 2.24) is 0 Å². The largest absolute Gasteiger partial charge is 0.497 e. The molecule has 0 amide bonds. The second kappa shape index (κ2) is 8.91. The fourth-order valence-corrected chi connectivity index (χ4v) is 8.73. The maximum Gasteiger partial charge on any atom is 0.155 e. The molecule has 0 heterocycles. The molecule has 5 N–H and O–H groups in total. The zero-order valence-electron chi connectivity index (χ0n) is 21.4. The number of rotatable bonds is 6. The molecule has 0 bridgehead atoms. The molecule has 0 aromatic heterocycles. The average Bonchev–Trinajstić information content (AvgIpc) is 3.20. The van der Waals surface area contributed by atoms with Crippen LogP contribution in [0.25, 0.3) is 0 Å². The Morgan fingerprint density at radius 2 is 1.91 bits per heavy atom. The van der Waals surface area contributed by atoms with Gasteiger partial charge in [0.05, 0.1) is 30.6 Å². The van der Waals surface area contributed by atoms with Crippen molar-refractivity contribution < 1.29 is 19.0 Å². The Labute approximate surface area is 208 Å². The summed E-state index contributed by atoms with van der Waals surface area (Å²) in [5.41, 5.74) is 2.20. The lowest BCUT2D eigenvalue weighted by Gasteiger charge is -2.59. The highest BCUT2D eigenvalue weighted by Gasteiger charge is 2.63. The molecular weight excluding hydrogens is 445 g/mol. The van der Waals surface area contributed by atoms with Crippen molar-refractivity contribution in [2.45, 2.75) is 82.9 Å². The minimum Gasteiger partial charge on any atom is -0.497 e. The van der Waals surface area contributed by atoms with Crippen molar-refractivity contribution in [2.75, 3.05) is 24.4 Å². The van der Waals surface area contributed by atoms with Gasteiger partial charge in [0.1, 0.15) is 11.4 Å². The molecule has 8 atom stereocenters. The van der Waals surface area contributed by atoms with Crippen LogP contribution in [0.3, 0.4) is 0 Å². The number of ketones is 1. The summed E-state index contributed by atoms with van der Waals surface area (Å²) in [6.07, 6.45) is 7.22. The summed E-state index contributed by atoms with van der Waals surface area (Å²) < 4.78 is 21.9. The lowest BCUT2D eigenvalue weighted by atomic mass is 9.48. The van der Waals surface area contributed by atoms with E-state index in [2.05, 4.69) is 17.7 Å². The zero-order valence-corrected chi connectivity index (χ0v) is 21.4. The highest BCUT2D eigenvalue weighted by atomic mass is 19.1. The Kier molecular flexibility index (Phi) is 6.32. The molecule has 5 rings (SSSR count). The van der Waals surface area contributed by atoms with Gasteiger partial charge in [0, 0.05) is 12.0 Å². The monoisotopic (exact) mass is 487 g/mol. The molecule has 0 radical (unpaired) electrons. The maximum absolute atomic E-state index is 16.6. The second-order valence-corrected chi connectivity index (χ2v) is 12.3. The Morgan fingerprint density at radius 1 is 1.11 bits per heavy atom. The summed E-state index contributed by atoms with van der Waals surface area (Å²) in [4.78, 5) is 13.5. The molecule has 1 aromatic rings. The summed E-state index contributed by atoms with van der Waals surface area (Å²) in [5, 5.41) is 13.9. The van der Waals surface area contributed by atoms with Crippen LogP contribution in [0.1, 0.15) is 71.6 Å². The zero-order chi connectivity index (χ0) is 25.0. The van der Waals surface area contributed by atoms with Crippen LogP contribution >= 0.6 is 0 Å². The molecule has 4 aliphatic carbocycles. The fraction of sp³-hybridized carbons (Fsp3) is 0.750. The molecular formula is C28H42FN3O3. The Balaban J connectivity index is 1.29. The van der Waals surface area contributed by atoms with Crippen molar-refractivity contribution in [3.63, 3.8) is 0 Å². The second-order valence-electron chi connectivity index (χ2n) is 12.3. The number of aliphatic hydroxyl groups is 1. The molecule has 1 aromatic carbocycles. The number of nitrogens with one attached hydrogen (secondary N) is 2. The minimum atomic E-state index is -1.14. The molecule has 7 heteroatoms. The van der Waals surface area contributed by atoms with Crippen LogP contribution in [-0.4, -0.2) is 35.8 Å². The molecule has 6 nitrogen and oxygen atoms in total. The van der Waals surface area contributed by atoms with Crippen molar-refractivity contribution in [3.8, 4) is 5.75 Å². The highest BCUT2D eigenvalue weighted by Crippen LogP contribution is 2.66. The number of methoxy groups -OCH3 is 1. The highest BCUT2D eigenvalue weighted by molar-refractivity contribution is 5.87. The summed E-state index contributed by atoms with van der Waals surface area (Å²) in [6.45, 7) is 4.41. The number of hydrogen-bond donors (Lipinski definition) is 4. The third-order valence-corrected chi connectivity index (χ3v) is 10.5. The van der Waals surface area contributed by atoms with E-state index < -0.39 is 11.3 Å². The van der Waals surface area contributed by atoms with Crippen LogP contribution in [0.4, 0.5) is 15.8 Å². The van der Waals surface area contributed by atoms with Gasteiger partial charge in [0.2, 0.25) is 0 Å². The topological polar surface area (TPSA) is 96.6 Å². The fourth-order valence-electron chi connectivity index (χ4n) is 8.73. The van der Waals surface area contributed by atoms with E-state index in [0.29, 0.717) is 42.5 Å². The number of ether oxygens (including phenoxy) is 1. The van der Waals surface area contributed by atoms with Crippen LogP contribution < -0.4 is 21.3 Å². The molecule has 0 saturated heterocycles. The number of alkyl halides is 1. The van der Waals surface area contributed by atoms with E-state index in [4.69, 9.17) is 10.6 Å². The quantitative estimate of drug-likeness (QED) is 0.330. The van der Waals surface area contributed by atoms with Crippen molar-refractivity contribution >= 4 is 17.2 Å². The Hall–Kier alpha value is -1.86. The van der Waals surface area contributed by atoms with Gasteiger partial charge in [-0.05, 0) is 106 Å². The maximum atomic E-state index is 16.6. The number of nitrogen functional groups attached to an aromatic ring is 1. The standard InChI is InChI=1S/C28H42FN3O3/c1-26(34)12-13-28(29)17(15-26)4-6-19-20-7-8-22(27(20,2)11-10-21(19)28)25(33)16-31-24-14-18(35-3)5-9-23(24)32-30/h5,9,14,17,19-22,31-32,34H,4,6-8,10-13,15-16,30H2,1-3H3/t17-,19?,20+,21+,22-,26-,27+,28-/m1/s1. The molecule has 1 unspecified atom stereocenters. The Morgan fingerprint density at radius 3 is 2.66 bits per heavy atom. The SMILES string of the molecule is COc1ccc(NN)c(NCC(=O)[C@H]2CC[C@H]3C4CC[C@@H]5C[C@](C)(O)CC[C@]5(F)[C@H]4CC[C@]23C)c1. The van der Waals surface area contributed by atoms with Crippen LogP contribution in [0.5, 0.6) is 5.75 Å². The van der Waals surface area contributed by atoms with Gasteiger partial charge in [-0.15, -0.1) is 0 Å². The smallest absolute Gasteiger partial charge is 0.155 e. The van der Waals surface area contributed by atoms with Gasteiger partial charge in [-0.2, -0.15) is 0 Å². The molecule has 0 aliphatic heterocycles. The first kappa shape index (κ1) is 24.8. The van der Waals surface area contributed by atoms with Gasteiger partial charge < -0.3 is 20.6 Å². The van der Waals surface area contributed by atoms with Crippen molar-refractivity contribution in [2.24, 2.45) is 40.8 Å². The lowest BCUT2D eigenvalue weighted by molar-refractivity contribution is -0.165. The molecule has 0 spiro atoms. The third kappa shape index (κ3) is 4.12. The van der Waals surface area contributed by atoms with E-state index in [-0.39, 0.29) is 35.5 Å². The number of hydrazine groups is 1. The van der Waals surface area contributed by atoms with Gasteiger partial charge in [-0.25, -0.2) is 4.39 Å². The number of hydrogen-bond acceptors (Lipinski definition) is 6. The predicted octanol–water partition coefficient (Wildman–Crippen LogP) is 5.07. The van der Waals surface area contributed by atoms with Crippen LogP contribution in [0.2, 0.25) is 0 Å². The van der Waals surface area contributed by atoms with Crippen LogP contribution in [-0.2, 0) is 4.79 Å². The first-order valence-electron chi connectivity index (χ1n) is 13.4. The first-order valence-corrected chi connectivity index (χ1v) is 13.4. The van der Waals surface area contributed by atoms with Gasteiger partial charge in [0.25, 0.3) is 0 Å². The minimum absolute atomic E-state index is 0.00113. The average molecular weight is 488 g/mol. The number of nitrogens with two attached hydrogens (primary N) is 1. The van der Waals surface area contributed by atoms with E-state index in [0.717, 1.165) is 44.2 Å². The van der Waals surface area contributed by atoms with Crippen molar-refractivity contribution in [1.29, 1.82) is 0 Å². The van der Waals surface area contributed by atoms with E-state index >= 15 is 4.39 Å². The molecule has 4 saturated carbocycles. The van der Waals surface area contributed by atoms with Gasteiger partial charge in [-0.1, -0.05) is 6.92 Å². The molecule has 4 fully saturated rings. The molecule has 4 aliphatic rings. The molecule has 194 valence electrons. The number of halogens is 1. The van der Waals surface area contributed by atoms with Crippen molar-refractivity contribution in [3.05, 3.63) is 18.2 Å². The van der Waals surface area contributed by atoms with Crippen LogP contribution in [0.15, 0.2) is 18.2 Å². The number of carbonyl (C=O) groups is 1. The van der Waals surface area contributed by atoms with Gasteiger partial charge in [0.15, 0.2) is 5.78 Å². The summed E-state index contributed by atoms with van der Waals surface area (Å²) in [6, 6.07) is 5.49. The number of benzene rings is 1. The van der Waals surface area contributed by atoms with E-state index in [9.17, 15) is 9.90 Å². The summed E-state index contributed by atoms with van der Waals surface area (Å²) in [7, 11) is 1.61. The number of anilines is 2. The number of carbonyl (C=O) groups excluding carboxylic acids is 1. The van der Waals surface area contributed by atoms with Gasteiger partial charge >= 0.3 is 0 Å². The van der Waals surface area contributed by atoms with E-state index in [1.165, 1.54) is 0 Å².